The van der Waals surface area contributed by atoms with Gasteiger partial charge in [0.1, 0.15) is 13.1 Å². The van der Waals surface area contributed by atoms with Gasteiger partial charge in [-0.15, -0.1) is 0 Å². The first-order chi connectivity index (χ1) is 9.24. The van der Waals surface area contributed by atoms with E-state index >= 15 is 0 Å². The van der Waals surface area contributed by atoms with E-state index in [1.807, 2.05) is 6.20 Å². The molecule has 4 heteroatoms. The van der Waals surface area contributed by atoms with Gasteiger partial charge in [-0.05, 0) is 13.8 Å². The standard InChI is InChI=1S/C15H21N3O/c1-3-18(8-9-19)11-14-10-16-17-15(14)13-6-4-12(2)5-7-13/h4-7,10,19H,3,8-9,11H2,1-2H3,(H,16,17)/p+1. The molecular formula is C15H22N3O+. The third-order valence-corrected chi connectivity index (χ3v) is 3.46. The average molecular weight is 260 g/mol. The van der Waals surface area contributed by atoms with Crippen molar-refractivity contribution in [3.8, 4) is 11.3 Å². The number of H-pyrrole nitrogens is 1. The van der Waals surface area contributed by atoms with Gasteiger partial charge in [0.2, 0.25) is 0 Å². The lowest BCUT2D eigenvalue weighted by Gasteiger charge is -2.16. The first-order valence-corrected chi connectivity index (χ1v) is 6.78. The average Bonchev–Trinajstić information content (AvgIpc) is 2.87. The van der Waals surface area contributed by atoms with Gasteiger partial charge in [-0.25, -0.2) is 0 Å². The fraction of sp³-hybridized carbons (Fsp3) is 0.400. The lowest BCUT2D eigenvalue weighted by atomic mass is 10.1. The molecule has 0 bridgehead atoms. The molecule has 19 heavy (non-hydrogen) atoms. The molecule has 0 saturated heterocycles. The summed E-state index contributed by atoms with van der Waals surface area (Å²) in [6, 6.07) is 8.45. The van der Waals surface area contributed by atoms with E-state index in [4.69, 9.17) is 5.11 Å². The number of nitrogens with one attached hydrogen (secondary N) is 2. The van der Waals surface area contributed by atoms with Crippen molar-refractivity contribution in [2.45, 2.75) is 20.4 Å². The predicted octanol–water partition coefficient (Wildman–Crippen LogP) is 0.782. The summed E-state index contributed by atoms with van der Waals surface area (Å²) in [6.07, 6.45) is 1.89. The number of hydrogen-bond donors (Lipinski definition) is 3. The number of quaternary nitrogens is 1. The number of nitrogens with zero attached hydrogens (tertiary/aromatic N) is 1. The Morgan fingerprint density at radius 1 is 1.26 bits per heavy atom. The lowest BCUT2D eigenvalue weighted by molar-refractivity contribution is -0.912. The monoisotopic (exact) mass is 260 g/mol. The minimum Gasteiger partial charge on any atom is -0.391 e. The molecule has 1 heterocycles. The van der Waals surface area contributed by atoms with Crippen molar-refractivity contribution in [3.05, 3.63) is 41.6 Å². The summed E-state index contributed by atoms with van der Waals surface area (Å²) in [4.78, 5) is 1.36. The minimum atomic E-state index is 0.223. The number of aromatic nitrogens is 2. The Bertz CT molecular complexity index is 504. The van der Waals surface area contributed by atoms with Crippen LogP contribution in [0.3, 0.4) is 0 Å². The fourth-order valence-electron chi connectivity index (χ4n) is 2.23. The van der Waals surface area contributed by atoms with Gasteiger partial charge in [-0.2, -0.15) is 5.10 Å². The summed E-state index contributed by atoms with van der Waals surface area (Å²) in [5, 5.41) is 16.3. The van der Waals surface area contributed by atoms with E-state index in [0.717, 1.165) is 30.9 Å². The van der Waals surface area contributed by atoms with Crippen LogP contribution < -0.4 is 4.90 Å². The van der Waals surface area contributed by atoms with Crippen molar-refractivity contribution in [1.82, 2.24) is 10.2 Å². The number of rotatable bonds is 6. The second-order valence-electron chi connectivity index (χ2n) is 4.89. The molecule has 1 atom stereocenters. The maximum atomic E-state index is 9.07. The number of hydrogen-bond acceptors (Lipinski definition) is 2. The van der Waals surface area contributed by atoms with Crippen LogP contribution in [0.25, 0.3) is 11.3 Å². The Morgan fingerprint density at radius 2 is 2.00 bits per heavy atom. The molecular weight excluding hydrogens is 238 g/mol. The van der Waals surface area contributed by atoms with Crippen molar-refractivity contribution in [3.63, 3.8) is 0 Å². The van der Waals surface area contributed by atoms with Crippen molar-refractivity contribution in [1.29, 1.82) is 0 Å². The van der Waals surface area contributed by atoms with Gasteiger partial charge in [-0.1, -0.05) is 29.8 Å². The molecule has 0 aliphatic rings. The first-order valence-electron chi connectivity index (χ1n) is 6.78. The second kappa shape index (κ2) is 6.50. The Morgan fingerprint density at radius 3 is 2.63 bits per heavy atom. The highest BCUT2D eigenvalue weighted by Crippen LogP contribution is 2.20. The number of aromatic amines is 1. The number of aryl methyl sites for hydroxylation is 1. The molecule has 0 aliphatic heterocycles. The molecule has 0 amide bonds. The lowest BCUT2D eigenvalue weighted by Crippen LogP contribution is -3.10. The maximum Gasteiger partial charge on any atom is 0.107 e. The van der Waals surface area contributed by atoms with Gasteiger partial charge >= 0.3 is 0 Å². The van der Waals surface area contributed by atoms with Gasteiger partial charge in [0.05, 0.1) is 30.6 Å². The SMILES string of the molecule is CC[NH+](CCO)Cc1cn[nH]c1-c1ccc(C)cc1. The largest absolute Gasteiger partial charge is 0.391 e. The van der Waals surface area contributed by atoms with Crippen molar-refractivity contribution in [2.75, 3.05) is 19.7 Å². The quantitative estimate of drug-likeness (QED) is 0.719. The maximum absolute atomic E-state index is 9.07. The van der Waals surface area contributed by atoms with E-state index in [1.54, 1.807) is 0 Å². The molecule has 0 saturated carbocycles. The van der Waals surface area contributed by atoms with Gasteiger partial charge in [0.25, 0.3) is 0 Å². The molecule has 2 rings (SSSR count). The molecule has 1 unspecified atom stereocenters. The van der Waals surface area contributed by atoms with Crippen molar-refractivity contribution >= 4 is 0 Å². The van der Waals surface area contributed by atoms with Crippen LogP contribution >= 0.6 is 0 Å². The summed E-state index contributed by atoms with van der Waals surface area (Å²) in [6.45, 7) is 7.10. The van der Waals surface area contributed by atoms with Gasteiger partial charge in [-0.3, -0.25) is 5.10 Å². The Kier molecular flexibility index (Phi) is 4.71. The van der Waals surface area contributed by atoms with Crippen LogP contribution in [0.1, 0.15) is 18.1 Å². The van der Waals surface area contributed by atoms with E-state index in [0.29, 0.717) is 0 Å². The Hall–Kier alpha value is -1.65. The summed E-state index contributed by atoms with van der Waals surface area (Å²) in [5.41, 5.74) is 4.71. The first kappa shape index (κ1) is 13.8. The van der Waals surface area contributed by atoms with Crippen LogP contribution in [0.15, 0.2) is 30.5 Å². The summed E-state index contributed by atoms with van der Waals surface area (Å²) in [7, 11) is 0. The van der Waals surface area contributed by atoms with E-state index in [9.17, 15) is 0 Å². The van der Waals surface area contributed by atoms with Gasteiger partial charge < -0.3 is 10.0 Å². The van der Waals surface area contributed by atoms with Gasteiger partial charge in [0, 0.05) is 5.56 Å². The topological polar surface area (TPSA) is 53.4 Å². The Labute approximate surface area is 114 Å². The highest BCUT2D eigenvalue weighted by Gasteiger charge is 2.13. The molecule has 3 N–H and O–H groups in total. The zero-order chi connectivity index (χ0) is 13.7. The smallest absolute Gasteiger partial charge is 0.107 e. The number of aliphatic hydroxyl groups excluding tert-OH is 1. The molecule has 4 nitrogen and oxygen atoms in total. The molecule has 102 valence electrons. The third kappa shape index (κ3) is 3.43. The Balaban J connectivity index is 2.19. The summed E-state index contributed by atoms with van der Waals surface area (Å²) < 4.78 is 0. The van der Waals surface area contributed by atoms with Crippen LogP contribution in [0.2, 0.25) is 0 Å². The summed E-state index contributed by atoms with van der Waals surface area (Å²) >= 11 is 0. The number of likely N-dealkylation sites (N-methyl/N-ethyl adjacent to an activating group) is 1. The molecule has 1 aromatic heterocycles. The summed E-state index contributed by atoms with van der Waals surface area (Å²) in [5.74, 6) is 0. The predicted molar refractivity (Wildman–Crippen MR) is 75.9 cm³/mol. The molecule has 0 spiro atoms. The molecule has 0 aliphatic carbocycles. The molecule has 0 radical (unpaired) electrons. The normalized spacial score (nSPS) is 12.6. The van der Waals surface area contributed by atoms with Crippen LogP contribution in [-0.4, -0.2) is 35.0 Å². The van der Waals surface area contributed by atoms with Crippen molar-refractivity contribution in [2.24, 2.45) is 0 Å². The highest BCUT2D eigenvalue weighted by atomic mass is 16.3. The highest BCUT2D eigenvalue weighted by molar-refractivity contribution is 5.62. The van der Waals surface area contributed by atoms with Crippen LogP contribution in [-0.2, 0) is 6.54 Å². The molecule has 2 aromatic rings. The fourth-order valence-corrected chi connectivity index (χ4v) is 2.23. The van der Waals surface area contributed by atoms with Crippen molar-refractivity contribution < 1.29 is 10.0 Å². The zero-order valence-corrected chi connectivity index (χ0v) is 11.6. The third-order valence-electron chi connectivity index (χ3n) is 3.46. The van der Waals surface area contributed by atoms with E-state index in [-0.39, 0.29) is 6.61 Å². The number of benzene rings is 1. The van der Waals surface area contributed by atoms with Gasteiger partial charge in [0.15, 0.2) is 0 Å². The minimum absolute atomic E-state index is 0.223. The molecule has 0 fully saturated rings. The van der Waals surface area contributed by atoms with Crippen LogP contribution in [0, 0.1) is 6.92 Å². The van der Waals surface area contributed by atoms with Crippen LogP contribution in [0.5, 0.6) is 0 Å². The van der Waals surface area contributed by atoms with E-state index in [1.165, 1.54) is 16.0 Å². The van der Waals surface area contributed by atoms with E-state index < -0.39 is 0 Å². The molecule has 1 aromatic carbocycles. The van der Waals surface area contributed by atoms with E-state index in [2.05, 4.69) is 48.3 Å². The van der Waals surface area contributed by atoms with Crippen LogP contribution in [0.4, 0.5) is 0 Å². The number of aliphatic hydroxyl groups is 1. The zero-order valence-electron chi connectivity index (χ0n) is 11.6. The second-order valence-corrected chi connectivity index (χ2v) is 4.89.